The van der Waals surface area contributed by atoms with Crippen LogP contribution in [0.5, 0.6) is 0 Å². The molecule has 1 atom stereocenters. The summed E-state index contributed by atoms with van der Waals surface area (Å²) in [4.78, 5) is 4.73. The highest BCUT2D eigenvalue weighted by Gasteiger charge is 2.16. The zero-order chi connectivity index (χ0) is 15.4. The minimum absolute atomic E-state index is 0.340. The zero-order valence-electron chi connectivity index (χ0n) is 12.6. The number of aromatic nitrogens is 1. The molecule has 2 aromatic carbocycles. The first kappa shape index (κ1) is 14.9. The van der Waals surface area contributed by atoms with Crippen molar-refractivity contribution in [2.24, 2.45) is 0 Å². The molecule has 22 heavy (non-hydrogen) atoms. The largest absolute Gasteiger partial charge is 0.440 e. The lowest BCUT2D eigenvalue weighted by Gasteiger charge is -2.01. The number of benzene rings is 2. The average molecular weight is 309 g/mol. The lowest BCUT2D eigenvalue weighted by atomic mass is 10.1. The van der Waals surface area contributed by atoms with Crippen molar-refractivity contribution in [2.75, 3.05) is 0 Å². The molecule has 1 aromatic heterocycles. The van der Waals surface area contributed by atoms with Gasteiger partial charge in [-0.05, 0) is 11.7 Å². The van der Waals surface area contributed by atoms with Crippen LogP contribution < -0.4 is 0 Å². The van der Waals surface area contributed by atoms with E-state index in [-0.39, 0.29) is 0 Å². The molecule has 0 bridgehead atoms. The van der Waals surface area contributed by atoms with Crippen LogP contribution in [-0.2, 0) is 6.42 Å². The highest BCUT2D eigenvalue weighted by atomic mass is 32.1. The summed E-state index contributed by atoms with van der Waals surface area (Å²) in [6, 6.07) is 20.3. The molecule has 0 aliphatic heterocycles. The molecule has 0 amide bonds. The Kier molecular flexibility index (Phi) is 4.64. The summed E-state index contributed by atoms with van der Waals surface area (Å²) in [5.74, 6) is 1.62. The third-order valence-corrected chi connectivity index (χ3v) is 3.79. The van der Waals surface area contributed by atoms with Crippen molar-refractivity contribution < 1.29 is 4.42 Å². The van der Waals surface area contributed by atoms with Crippen molar-refractivity contribution in [1.82, 2.24) is 4.98 Å². The summed E-state index contributed by atoms with van der Waals surface area (Å²) in [6.45, 7) is 2.09. The van der Waals surface area contributed by atoms with Gasteiger partial charge in [-0.15, -0.1) is 0 Å². The number of hydrogen-bond acceptors (Lipinski definition) is 3. The van der Waals surface area contributed by atoms with E-state index in [1.165, 1.54) is 0 Å². The molecule has 3 aromatic rings. The molecule has 0 spiro atoms. The highest BCUT2D eigenvalue weighted by molar-refractivity contribution is 7.80. The van der Waals surface area contributed by atoms with E-state index in [9.17, 15) is 0 Å². The van der Waals surface area contributed by atoms with Crippen molar-refractivity contribution >= 4 is 12.6 Å². The van der Waals surface area contributed by atoms with Gasteiger partial charge in [0.15, 0.2) is 11.7 Å². The molecule has 0 saturated carbocycles. The molecule has 0 N–H and O–H groups in total. The summed E-state index contributed by atoms with van der Waals surface area (Å²) in [5.41, 5.74) is 3.04. The van der Waals surface area contributed by atoms with Gasteiger partial charge < -0.3 is 4.42 Å². The predicted octanol–water partition coefficient (Wildman–Crippen LogP) is 5.26. The first-order chi connectivity index (χ1) is 10.7. The molecule has 2 nitrogen and oxygen atoms in total. The van der Waals surface area contributed by atoms with Crippen molar-refractivity contribution in [2.45, 2.75) is 25.0 Å². The molecule has 3 rings (SSSR count). The van der Waals surface area contributed by atoms with Crippen LogP contribution in [0.15, 0.2) is 65.1 Å². The third-order valence-electron chi connectivity index (χ3n) is 3.53. The number of hydrogen-bond donors (Lipinski definition) is 1. The van der Waals surface area contributed by atoms with Crippen molar-refractivity contribution in [3.8, 4) is 22.6 Å². The molecule has 112 valence electrons. The van der Waals surface area contributed by atoms with Crippen LogP contribution in [0, 0.1) is 0 Å². The van der Waals surface area contributed by atoms with Gasteiger partial charge in [0, 0.05) is 17.5 Å². The molecule has 0 aliphatic carbocycles. The van der Waals surface area contributed by atoms with Crippen LogP contribution in [0.1, 0.15) is 19.2 Å². The fourth-order valence-electron chi connectivity index (χ4n) is 2.38. The normalized spacial score (nSPS) is 12.3. The monoisotopic (exact) mass is 309 g/mol. The maximum atomic E-state index is 6.06. The number of oxazole rings is 1. The van der Waals surface area contributed by atoms with Gasteiger partial charge in [-0.1, -0.05) is 67.6 Å². The van der Waals surface area contributed by atoms with Gasteiger partial charge in [-0.3, -0.25) is 0 Å². The van der Waals surface area contributed by atoms with Crippen LogP contribution >= 0.6 is 12.6 Å². The smallest absolute Gasteiger partial charge is 0.195 e. The summed E-state index contributed by atoms with van der Waals surface area (Å²) in [6.07, 6.45) is 1.75. The number of aryl methyl sites for hydroxylation is 1. The minimum Gasteiger partial charge on any atom is -0.440 e. The van der Waals surface area contributed by atoms with E-state index in [4.69, 9.17) is 9.40 Å². The molecule has 1 heterocycles. The van der Waals surface area contributed by atoms with Gasteiger partial charge in [0.25, 0.3) is 0 Å². The van der Waals surface area contributed by atoms with Gasteiger partial charge in [0.05, 0.1) is 0 Å². The molecular weight excluding hydrogens is 290 g/mol. The van der Waals surface area contributed by atoms with E-state index < -0.39 is 0 Å². The van der Waals surface area contributed by atoms with Crippen molar-refractivity contribution in [3.63, 3.8) is 0 Å². The van der Waals surface area contributed by atoms with Gasteiger partial charge in [0.2, 0.25) is 0 Å². The molecule has 1 unspecified atom stereocenters. The Labute approximate surface area is 136 Å². The van der Waals surface area contributed by atoms with Gasteiger partial charge >= 0.3 is 0 Å². The second kappa shape index (κ2) is 6.84. The lowest BCUT2D eigenvalue weighted by Crippen LogP contribution is -1.94. The lowest BCUT2D eigenvalue weighted by molar-refractivity contribution is 0.498. The Hall–Kier alpha value is -2.00. The third kappa shape index (κ3) is 3.42. The molecule has 0 radical (unpaired) electrons. The number of rotatable bonds is 5. The quantitative estimate of drug-likeness (QED) is 0.651. The average Bonchev–Trinajstić information content (AvgIpc) is 2.99. The van der Waals surface area contributed by atoms with E-state index in [2.05, 4.69) is 43.8 Å². The van der Waals surface area contributed by atoms with Crippen LogP contribution in [0.2, 0.25) is 0 Å². The fourth-order valence-corrected chi connectivity index (χ4v) is 2.51. The van der Waals surface area contributed by atoms with E-state index in [0.717, 1.165) is 41.3 Å². The van der Waals surface area contributed by atoms with Crippen molar-refractivity contribution in [1.29, 1.82) is 0 Å². The summed E-state index contributed by atoms with van der Waals surface area (Å²) < 4.78 is 6.06. The molecule has 0 fully saturated rings. The summed E-state index contributed by atoms with van der Waals surface area (Å²) in [7, 11) is 0. The molecule has 0 saturated heterocycles. The predicted molar refractivity (Wildman–Crippen MR) is 94.1 cm³/mol. The Morgan fingerprint density at radius 1 is 0.955 bits per heavy atom. The zero-order valence-corrected chi connectivity index (χ0v) is 13.5. The number of thiol groups is 1. The van der Waals surface area contributed by atoms with E-state index in [0.29, 0.717) is 5.25 Å². The fraction of sp³-hybridized carbons (Fsp3) is 0.211. The van der Waals surface area contributed by atoms with Crippen LogP contribution in [0.4, 0.5) is 0 Å². The molecule has 3 heteroatoms. The second-order valence-corrected chi connectivity index (χ2v) is 6.29. The second-order valence-electron chi connectivity index (χ2n) is 5.41. The Morgan fingerprint density at radius 3 is 2.14 bits per heavy atom. The molecular formula is C19H19NOS. The summed E-state index contributed by atoms with van der Waals surface area (Å²) >= 11 is 4.43. The van der Waals surface area contributed by atoms with Crippen LogP contribution in [0.25, 0.3) is 22.6 Å². The Bertz CT molecular complexity index is 663. The highest BCUT2D eigenvalue weighted by Crippen LogP contribution is 2.32. The van der Waals surface area contributed by atoms with Gasteiger partial charge in [-0.2, -0.15) is 12.6 Å². The Morgan fingerprint density at radius 2 is 1.55 bits per heavy atom. The first-order valence-corrected chi connectivity index (χ1v) is 8.04. The standard InChI is InChI=1S/C19H19NOS/c1-14(22)12-13-17-20-18(15-8-4-2-5-9-15)19(21-17)16-10-6-3-7-11-16/h2-11,14,22H,12-13H2,1H3. The number of nitrogens with zero attached hydrogens (tertiary/aromatic N) is 1. The topological polar surface area (TPSA) is 26.0 Å². The maximum Gasteiger partial charge on any atom is 0.195 e. The first-order valence-electron chi connectivity index (χ1n) is 7.52. The van der Waals surface area contributed by atoms with E-state index in [1.807, 2.05) is 36.4 Å². The SMILES string of the molecule is CC(S)CCc1nc(-c2ccccc2)c(-c2ccccc2)o1. The summed E-state index contributed by atoms with van der Waals surface area (Å²) in [5, 5.41) is 0.340. The van der Waals surface area contributed by atoms with Crippen LogP contribution in [-0.4, -0.2) is 10.2 Å². The van der Waals surface area contributed by atoms with Gasteiger partial charge in [-0.25, -0.2) is 4.98 Å². The van der Waals surface area contributed by atoms with Crippen LogP contribution in [0.3, 0.4) is 0 Å². The van der Waals surface area contributed by atoms with E-state index in [1.54, 1.807) is 0 Å². The van der Waals surface area contributed by atoms with Gasteiger partial charge in [0.1, 0.15) is 5.69 Å². The minimum atomic E-state index is 0.340. The maximum absolute atomic E-state index is 6.06. The van der Waals surface area contributed by atoms with Crippen molar-refractivity contribution in [3.05, 3.63) is 66.6 Å². The molecule has 0 aliphatic rings. The van der Waals surface area contributed by atoms with E-state index >= 15 is 0 Å². The Balaban J connectivity index is 2.03.